The topological polar surface area (TPSA) is 26.0 Å². The van der Waals surface area contributed by atoms with Gasteiger partial charge in [0.25, 0.3) is 0 Å². The molecule has 2 aliphatic carbocycles. The summed E-state index contributed by atoms with van der Waals surface area (Å²) in [5, 5.41) is 0. The number of hydrogen-bond acceptors (Lipinski definition) is 1. The van der Waals surface area contributed by atoms with Crippen LogP contribution in [0.25, 0.3) is 5.57 Å². The highest BCUT2D eigenvalue weighted by molar-refractivity contribution is 5.82. The summed E-state index contributed by atoms with van der Waals surface area (Å²) in [6, 6.07) is 4.61. The van der Waals surface area contributed by atoms with Crippen molar-refractivity contribution >= 4 is 5.57 Å². The Morgan fingerprint density at radius 3 is 3.00 bits per heavy atom. The van der Waals surface area contributed by atoms with Gasteiger partial charge in [0.15, 0.2) is 0 Å². The van der Waals surface area contributed by atoms with E-state index < -0.39 is 0 Å². The van der Waals surface area contributed by atoms with Gasteiger partial charge in [-0.2, -0.15) is 0 Å². The van der Waals surface area contributed by atoms with Crippen LogP contribution >= 0.6 is 0 Å². The molecule has 0 saturated carbocycles. The fraction of sp³-hybridized carbons (Fsp3) is 0.375. The highest BCUT2D eigenvalue weighted by atomic mass is 14.5. The van der Waals surface area contributed by atoms with Crippen LogP contribution in [0.4, 0.5) is 0 Å². The second-order valence-electron chi connectivity index (χ2n) is 5.02. The number of allylic oxidation sites excluding steroid dienone is 3. The van der Waals surface area contributed by atoms with Crippen LogP contribution in [0.3, 0.4) is 0 Å². The van der Waals surface area contributed by atoms with Gasteiger partial charge in [-0.15, -0.1) is 0 Å². The zero-order chi connectivity index (χ0) is 11.8. The molecule has 0 heterocycles. The van der Waals surface area contributed by atoms with Gasteiger partial charge in [-0.25, -0.2) is 0 Å². The van der Waals surface area contributed by atoms with E-state index in [0.29, 0.717) is 5.92 Å². The van der Waals surface area contributed by atoms with Gasteiger partial charge in [-0.3, -0.25) is 0 Å². The molecule has 0 aliphatic heterocycles. The summed E-state index contributed by atoms with van der Waals surface area (Å²) in [4.78, 5) is 0. The van der Waals surface area contributed by atoms with Gasteiger partial charge in [0, 0.05) is 0 Å². The van der Waals surface area contributed by atoms with Gasteiger partial charge in [0.05, 0.1) is 0 Å². The molecule has 1 nitrogen and oxygen atoms in total. The molecule has 1 aromatic rings. The molecule has 1 unspecified atom stereocenters. The summed E-state index contributed by atoms with van der Waals surface area (Å²) in [6.45, 7) is 3.00. The van der Waals surface area contributed by atoms with Crippen LogP contribution in [-0.2, 0) is 19.3 Å². The van der Waals surface area contributed by atoms with Crippen molar-refractivity contribution < 1.29 is 0 Å². The third kappa shape index (κ3) is 1.66. The Kier molecular flexibility index (Phi) is 2.64. The molecule has 0 amide bonds. The predicted molar refractivity (Wildman–Crippen MR) is 72.9 cm³/mol. The van der Waals surface area contributed by atoms with E-state index in [-0.39, 0.29) is 0 Å². The molecule has 0 saturated heterocycles. The Morgan fingerprint density at radius 2 is 2.24 bits per heavy atom. The van der Waals surface area contributed by atoms with Crippen molar-refractivity contribution in [1.29, 1.82) is 0 Å². The Bertz CT molecular complexity index is 509. The third-order valence-corrected chi connectivity index (χ3v) is 3.99. The highest BCUT2D eigenvalue weighted by Gasteiger charge is 2.23. The van der Waals surface area contributed by atoms with Crippen LogP contribution in [0.15, 0.2) is 30.4 Å². The minimum absolute atomic E-state index is 0.515. The molecular formula is C16H19N. The van der Waals surface area contributed by atoms with Crippen molar-refractivity contribution in [3.05, 3.63) is 52.6 Å². The number of aryl methyl sites for hydroxylation is 1. The Morgan fingerprint density at radius 1 is 1.35 bits per heavy atom. The first kappa shape index (κ1) is 10.8. The second-order valence-corrected chi connectivity index (χ2v) is 5.02. The molecule has 0 spiro atoms. The standard InChI is InChI=1S/C16H19N/c1-2-12-6-7-13-4-3-5-14-8-11(10-17)9-15(12)16(13)14/h3,5-8,11H,2,4,9-10,17H2,1H3. The number of hydrogen-bond donors (Lipinski definition) is 1. The van der Waals surface area contributed by atoms with E-state index in [2.05, 4.69) is 37.3 Å². The summed E-state index contributed by atoms with van der Waals surface area (Å²) in [5.74, 6) is 0.515. The number of nitrogens with two attached hydrogens (primary N) is 1. The lowest BCUT2D eigenvalue weighted by molar-refractivity contribution is 0.647. The minimum atomic E-state index is 0.515. The normalized spacial score (nSPS) is 21.1. The van der Waals surface area contributed by atoms with Crippen LogP contribution in [0, 0.1) is 5.92 Å². The van der Waals surface area contributed by atoms with Crippen LogP contribution in [0.1, 0.15) is 29.2 Å². The van der Waals surface area contributed by atoms with Crippen molar-refractivity contribution in [3.63, 3.8) is 0 Å². The largest absolute Gasteiger partial charge is 0.330 e. The van der Waals surface area contributed by atoms with Gasteiger partial charge >= 0.3 is 0 Å². The van der Waals surface area contributed by atoms with Crippen molar-refractivity contribution in [3.8, 4) is 0 Å². The lowest BCUT2D eigenvalue weighted by atomic mass is 9.77. The first-order valence-electron chi connectivity index (χ1n) is 6.56. The van der Waals surface area contributed by atoms with Crippen LogP contribution in [-0.4, -0.2) is 6.54 Å². The Labute approximate surface area is 103 Å². The molecule has 88 valence electrons. The first-order chi connectivity index (χ1) is 8.33. The van der Waals surface area contributed by atoms with Crippen molar-refractivity contribution in [2.75, 3.05) is 6.54 Å². The molecule has 1 atom stereocenters. The SMILES string of the molecule is CCc1ccc2c3c1CC(CN)C=C3C=CC2. The van der Waals surface area contributed by atoms with Crippen LogP contribution in [0.5, 0.6) is 0 Å². The fourth-order valence-corrected chi connectivity index (χ4v) is 3.10. The van der Waals surface area contributed by atoms with E-state index in [9.17, 15) is 0 Å². The summed E-state index contributed by atoms with van der Waals surface area (Å²) in [5.41, 5.74) is 13.3. The van der Waals surface area contributed by atoms with Crippen molar-refractivity contribution in [2.45, 2.75) is 26.2 Å². The molecule has 0 radical (unpaired) electrons. The van der Waals surface area contributed by atoms with E-state index in [1.54, 1.807) is 5.56 Å². The van der Waals surface area contributed by atoms with Crippen molar-refractivity contribution in [1.82, 2.24) is 0 Å². The highest BCUT2D eigenvalue weighted by Crippen LogP contribution is 2.37. The molecule has 3 rings (SSSR count). The first-order valence-corrected chi connectivity index (χ1v) is 6.56. The molecule has 1 aromatic carbocycles. The Hall–Kier alpha value is -1.34. The summed E-state index contributed by atoms with van der Waals surface area (Å²) >= 11 is 0. The van der Waals surface area contributed by atoms with E-state index in [4.69, 9.17) is 5.73 Å². The zero-order valence-electron chi connectivity index (χ0n) is 10.4. The molecule has 0 fully saturated rings. The zero-order valence-corrected chi connectivity index (χ0v) is 10.4. The molecule has 17 heavy (non-hydrogen) atoms. The second kappa shape index (κ2) is 4.15. The molecule has 1 heteroatoms. The average molecular weight is 225 g/mol. The average Bonchev–Trinajstić information content (AvgIpc) is 2.39. The van der Waals surface area contributed by atoms with Gasteiger partial charge in [0.1, 0.15) is 0 Å². The van der Waals surface area contributed by atoms with Crippen molar-refractivity contribution in [2.24, 2.45) is 11.7 Å². The maximum atomic E-state index is 5.86. The summed E-state index contributed by atoms with van der Waals surface area (Å²) < 4.78 is 0. The van der Waals surface area contributed by atoms with Gasteiger partial charge in [-0.05, 0) is 59.6 Å². The molecule has 0 aromatic heterocycles. The van der Waals surface area contributed by atoms with E-state index in [1.165, 1.54) is 22.3 Å². The van der Waals surface area contributed by atoms with E-state index >= 15 is 0 Å². The number of benzene rings is 1. The number of rotatable bonds is 2. The van der Waals surface area contributed by atoms with Gasteiger partial charge in [-0.1, -0.05) is 37.3 Å². The lowest BCUT2D eigenvalue weighted by Gasteiger charge is -2.28. The van der Waals surface area contributed by atoms with Crippen LogP contribution in [0.2, 0.25) is 0 Å². The summed E-state index contributed by atoms with van der Waals surface area (Å²) in [6.07, 6.45) is 10.2. The maximum absolute atomic E-state index is 5.86. The Balaban J connectivity index is 2.21. The van der Waals surface area contributed by atoms with E-state index in [0.717, 1.165) is 25.8 Å². The fourth-order valence-electron chi connectivity index (χ4n) is 3.10. The monoisotopic (exact) mass is 225 g/mol. The predicted octanol–water partition coefficient (Wildman–Crippen LogP) is 2.88. The van der Waals surface area contributed by atoms with Gasteiger partial charge < -0.3 is 5.73 Å². The molecule has 2 aliphatic rings. The van der Waals surface area contributed by atoms with E-state index in [1.807, 2.05) is 0 Å². The smallest absolute Gasteiger partial charge is 0.00106 e. The summed E-state index contributed by atoms with van der Waals surface area (Å²) in [7, 11) is 0. The quantitative estimate of drug-likeness (QED) is 0.823. The van der Waals surface area contributed by atoms with Gasteiger partial charge in [0.2, 0.25) is 0 Å². The molecular weight excluding hydrogens is 206 g/mol. The minimum Gasteiger partial charge on any atom is -0.330 e. The maximum Gasteiger partial charge on any atom is -0.00106 e. The lowest BCUT2D eigenvalue weighted by Crippen LogP contribution is -2.21. The third-order valence-electron chi connectivity index (χ3n) is 3.99. The van der Waals surface area contributed by atoms with Crippen LogP contribution < -0.4 is 5.73 Å². The molecule has 2 N–H and O–H groups in total. The molecule has 0 bridgehead atoms.